The molecule has 0 N–H and O–H groups in total. The van der Waals surface area contributed by atoms with Gasteiger partial charge in [-0.1, -0.05) is 48.0 Å². The van der Waals surface area contributed by atoms with E-state index in [-0.39, 0.29) is 24.5 Å². The van der Waals surface area contributed by atoms with Crippen molar-refractivity contribution in [2.24, 2.45) is 0 Å². The van der Waals surface area contributed by atoms with Crippen LogP contribution in [0.4, 0.5) is 0 Å². The maximum absolute atomic E-state index is 13.9. The van der Waals surface area contributed by atoms with Crippen LogP contribution in [-0.2, 0) is 21.2 Å². The van der Waals surface area contributed by atoms with E-state index >= 15 is 0 Å². The lowest BCUT2D eigenvalue weighted by molar-refractivity contribution is -0.133. The first-order chi connectivity index (χ1) is 16.3. The zero-order valence-electron chi connectivity index (χ0n) is 19.8. The fourth-order valence-corrected chi connectivity index (χ4v) is 8.22. The molecule has 1 saturated carbocycles. The van der Waals surface area contributed by atoms with Gasteiger partial charge in [-0.3, -0.25) is 4.79 Å². The maximum Gasteiger partial charge on any atom is 0.244 e. The lowest BCUT2D eigenvalue weighted by Gasteiger charge is -2.37. The summed E-state index contributed by atoms with van der Waals surface area (Å²) in [5, 5.41) is 2.08. The molecule has 1 aliphatic carbocycles. The number of hydrogen-bond donors (Lipinski definition) is 0. The monoisotopic (exact) mass is 494 g/mol. The Morgan fingerprint density at radius 3 is 2.38 bits per heavy atom. The van der Waals surface area contributed by atoms with E-state index < -0.39 is 10.0 Å². The van der Waals surface area contributed by atoms with Crippen molar-refractivity contribution in [1.82, 2.24) is 9.21 Å². The third kappa shape index (κ3) is 4.21. The largest absolute Gasteiger partial charge is 0.330 e. The Kier molecular flexibility index (Phi) is 6.12. The van der Waals surface area contributed by atoms with Crippen molar-refractivity contribution in [3.63, 3.8) is 0 Å². The minimum atomic E-state index is -3.79. The highest BCUT2D eigenvalue weighted by Crippen LogP contribution is 2.39. The summed E-state index contributed by atoms with van der Waals surface area (Å²) in [5.74, 6) is -0.136. The van der Waals surface area contributed by atoms with Gasteiger partial charge in [-0.05, 0) is 73.7 Å². The average molecular weight is 495 g/mol. The number of benzene rings is 2. The minimum absolute atomic E-state index is 0.106. The molecule has 0 spiro atoms. The van der Waals surface area contributed by atoms with E-state index in [1.54, 1.807) is 11.3 Å². The smallest absolute Gasteiger partial charge is 0.244 e. The van der Waals surface area contributed by atoms with Gasteiger partial charge >= 0.3 is 0 Å². The third-order valence-electron chi connectivity index (χ3n) is 6.82. The SMILES string of the molecule is Cc1cc(C)c(S(=O)(=O)N(CC(=O)N2CCc3sccc3C2c2ccccc2)C2CC2)c(C)c1. The van der Waals surface area contributed by atoms with Crippen LogP contribution in [0.1, 0.15) is 51.6 Å². The Morgan fingerprint density at radius 2 is 1.74 bits per heavy atom. The Hall–Kier alpha value is -2.48. The summed E-state index contributed by atoms with van der Waals surface area (Å²) in [7, 11) is -3.79. The molecule has 2 aromatic carbocycles. The Balaban J connectivity index is 1.49. The van der Waals surface area contributed by atoms with E-state index in [9.17, 15) is 13.2 Å². The van der Waals surface area contributed by atoms with Crippen LogP contribution in [0.15, 0.2) is 58.8 Å². The van der Waals surface area contributed by atoms with Gasteiger partial charge in [0.25, 0.3) is 0 Å². The number of fused-ring (bicyclic) bond motifs is 1. The summed E-state index contributed by atoms with van der Waals surface area (Å²) >= 11 is 1.73. The zero-order valence-corrected chi connectivity index (χ0v) is 21.5. The van der Waals surface area contributed by atoms with E-state index in [0.29, 0.717) is 11.4 Å². The molecule has 1 aromatic heterocycles. The van der Waals surface area contributed by atoms with Crippen molar-refractivity contribution >= 4 is 27.3 Å². The van der Waals surface area contributed by atoms with Crippen LogP contribution >= 0.6 is 11.3 Å². The summed E-state index contributed by atoms with van der Waals surface area (Å²) < 4.78 is 29.2. The summed E-state index contributed by atoms with van der Waals surface area (Å²) in [5.41, 5.74) is 4.72. The molecule has 2 heterocycles. The number of carbonyl (C=O) groups is 1. The van der Waals surface area contributed by atoms with Gasteiger partial charge in [0.05, 0.1) is 17.5 Å². The maximum atomic E-state index is 13.9. The first-order valence-corrected chi connectivity index (χ1v) is 14.1. The predicted molar refractivity (Wildman–Crippen MR) is 136 cm³/mol. The van der Waals surface area contributed by atoms with E-state index in [1.165, 1.54) is 9.18 Å². The molecule has 3 aromatic rings. The van der Waals surface area contributed by atoms with Crippen LogP contribution in [0.2, 0.25) is 0 Å². The second-order valence-electron chi connectivity index (χ2n) is 9.46. The first-order valence-electron chi connectivity index (χ1n) is 11.8. The molecule has 0 saturated heterocycles. The van der Waals surface area contributed by atoms with Crippen molar-refractivity contribution in [3.8, 4) is 0 Å². The fourth-order valence-electron chi connectivity index (χ4n) is 5.27. The minimum Gasteiger partial charge on any atom is -0.330 e. The van der Waals surface area contributed by atoms with E-state index in [1.807, 2.05) is 68.1 Å². The standard InChI is InChI=1S/C27H30N2O3S2/c1-18-15-19(2)27(20(3)16-18)34(31,32)29(22-9-10-22)17-25(30)28-13-11-24-23(12-14-33-24)26(28)21-7-5-4-6-8-21/h4-8,12,14-16,22,26H,9-11,13,17H2,1-3H3. The highest BCUT2D eigenvalue weighted by molar-refractivity contribution is 7.89. The van der Waals surface area contributed by atoms with Crippen LogP contribution in [0.3, 0.4) is 0 Å². The Labute approximate surface area is 206 Å². The molecule has 1 unspecified atom stereocenters. The van der Waals surface area contributed by atoms with Gasteiger partial charge in [0, 0.05) is 17.5 Å². The van der Waals surface area contributed by atoms with Crippen LogP contribution in [0.5, 0.6) is 0 Å². The molecule has 178 valence electrons. The Bertz CT molecular complexity index is 1300. The van der Waals surface area contributed by atoms with Gasteiger partial charge in [0.1, 0.15) is 0 Å². The topological polar surface area (TPSA) is 57.7 Å². The highest BCUT2D eigenvalue weighted by Gasteiger charge is 2.42. The van der Waals surface area contributed by atoms with Crippen LogP contribution in [-0.4, -0.2) is 42.7 Å². The van der Waals surface area contributed by atoms with E-state index in [2.05, 4.69) is 11.4 Å². The molecular formula is C27H30N2O3S2. The quantitative estimate of drug-likeness (QED) is 0.485. The van der Waals surface area contributed by atoms with Crippen molar-refractivity contribution in [3.05, 3.63) is 86.6 Å². The predicted octanol–water partition coefficient (Wildman–Crippen LogP) is 5.00. The lowest BCUT2D eigenvalue weighted by Crippen LogP contribution is -2.47. The zero-order chi connectivity index (χ0) is 24.0. The Morgan fingerprint density at radius 1 is 1.06 bits per heavy atom. The number of amides is 1. The van der Waals surface area contributed by atoms with Crippen LogP contribution < -0.4 is 0 Å². The summed E-state index contributed by atoms with van der Waals surface area (Å²) in [6, 6.07) is 15.7. The van der Waals surface area contributed by atoms with E-state index in [0.717, 1.165) is 47.1 Å². The second-order valence-corrected chi connectivity index (χ2v) is 12.3. The van der Waals surface area contributed by atoms with Gasteiger partial charge in [-0.2, -0.15) is 4.31 Å². The molecule has 1 fully saturated rings. The van der Waals surface area contributed by atoms with Crippen molar-refractivity contribution < 1.29 is 13.2 Å². The summed E-state index contributed by atoms with van der Waals surface area (Å²) in [4.78, 5) is 17.3. The van der Waals surface area contributed by atoms with Crippen LogP contribution in [0, 0.1) is 20.8 Å². The molecule has 1 amide bonds. The molecule has 1 atom stereocenters. The van der Waals surface area contributed by atoms with Gasteiger partial charge in [-0.25, -0.2) is 8.42 Å². The number of nitrogens with zero attached hydrogens (tertiary/aromatic N) is 2. The molecule has 2 aliphatic rings. The number of carbonyl (C=O) groups excluding carboxylic acids is 1. The number of aryl methyl sites for hydroxylation is 3. The number of hydrogen-bond acceptors (Lipinski definition) is 4. The first kappa shape index (κ1) is 23.3. The molecule has 5 rings (SSSR count). The highest BCUT2D eigenvalue weighted by atomic mass is 32.2. The van der Waals surface area contributed by atoms with E-state index in [4.69, 9.17) is 0 Å². The van der Waals surface area contributed by atoms with Gasteiger partial charge in [-0.15, -0.1) is 11.3 Å². The average Bonchev–Trinajstić information content (AvgIpc) is 3.51. The summed E-state index contributed by atoms with van der Waals surface area (Å²) in [6.45, 7) is 6.12. The molecule has 0 radical (unpaired) electrons. The third-order valence-corrected chi connectivity index (χ3v) is 10.0. The summed E-state index contributed by atoms with van der Waals surface area (Å²) in [6.07, 6.45) is 2.40. The van der Waals surface area contributed by atoms with Crippen molar-refractivity contribution in [2.45, 2.75) is 57.0 Å². The number of thiophene rings is 1. The van der Waals surface area contributed by atoms with Gasteiger partial charge < -0.3 is 4.90 Å². The number of sulfonamides is 1. The molecule has 0 bridgehead atoms. The lowest BCUT2D eigenvalue weighted by atomic mass is 9.93. The van der Waals surface area contributed by atoms with Crippen molar-refractivity contribution in [2.75, 3.05) is 13.1 Å². The molecule has 1 aliphatic heterocycles. The molecule has 5 nitrogen and oxygen atoms in total. The number of rotatable bonds is 6. The van der Waals surface area contributed by atoms with Gasteiger partial charge in [0.2, 0.25) is 15.9 Å². The molecule has 34 heavy (non-hydrogen) atoms. The fraction of sp³-hybridized carbons (Fsp3) is 0.370. The van der Waals surface area contributed by atoms with Crippen molar-refractivity contribution in [1.29, 1.82) is 0 Å². The second kappa shape index (κ2) is 8.95. The van der Waals surface area contributed by atoms with Gasteiger partial charge in [0.15, 0.2) is 0 Å². The molecular weight excluding hydrogens is 464 g/mol. The normalized spacial score (nSPS) is 18.2. The molecule has 7 heteroatoms. The van der Waals surface area contributed by atoms with Crippen LogP contribution in [0.25, 0.3) is 0 Å².